The molecule has 0 saturated heterocycles. The molecule has 4 N–H and O–H groups in total. The van der Waals surface area contributed by atoms with Gasteiger partial charge >= 0.3 is 0 Å². The molecule has 0 radical (unpaired) electrons. The largest absolute Gasteiger partial charge is 0.507 e. The molecule has 0 aliphatic carbocycles. The minimum Gasteiger partial charge on any atom is -0.507 e. The van der Waals surface area contributed by atoms with E-state index in [9.17, 15) is 20.1 Å². The number of amides is 1. The highest BCUT2D eigenvalue weighted by molar-refractivity contribution is 6.09. The van der Waals surface area contributed by atoms with Crippen LogP contribution in [-0.4, -0.2) is 21.2 Å². The van der Waals surface area contributed by atoms with Gasteiger partial charge in [-0.15, -0.1) is 0 Å². The molecule has 0 aromatic heterocycles. The summed E-state index contributed by atoms with van der Waals surface area (Å²) < 4.78 is 0. The van der Waals surface area contributed by atoms with Crippen LogP contribution in [0, 0.1) is 0 Å². The number of phenols is 3. The fourth-order valence-corrected chi connectivity index (χ4v) is 1.69. The summed E-state index contributed by atoms with van der Waals surface area (Å²) in [6.45, 7) is 5.10. The third-order valence-corrected chi connectivity index (χ3v) is 2.72. The molecule has 2 aromatic carbocycles. The first-order valence-electron chi connectivity index (χ1n) is 5.54. The fourth-order valence-electron chi connectivity index (χ4n) is 1.69. The molecule has 0 aliphatic rings. The average molecular weight is 259 g/mol. The SMILES string of the molecule is C=C(C)C(=O)Nc1ccc(O)c2cc(O)c(O)cc12. The van der Waals surface area contributed by atoms with Gasteiger partial charge in [-0.2, -0.15) is 0 Å². The van der Waals surface area contributed by atoms with E-state index in [1.165, 1.54) is 24.3 Å². The third kappa shape index (κ3) is 2.30. The van der Waals surface area contributed by atoms with Crippen molar-refractivity contribution in [2.45, 2.75) is 6.92 Å². The first-order valence-corrected chi connectivity index (χ1v) is 5.54. The minimum atomic E-state index is -0.362. The highest BCUT2D eigenvalue weighted by Crippen LogP contribution is 2.38. The van der Waals surface area contributed by atoms with Crippen LogP contribution in [0.2, 0.25) is 0 Å². The van der Waals surface area contributed by atoms with Gasteiger partial charge in [0, 0.05) is 22.0 Å². The molecular formula is C14H13NO4. The summed E-state index contributed by atoms with van der Waals surface area (Å²) in [6, 6.07) is 5.41. The van der Waals surface area contributed by atoms with E-state index in [-0.39, 0.29) is 23.2 Å². The Balaban J connectivity index is 2.63. The van der Waals surface area contributed by atoms with Gasteiger partial charge < -0.3 is 20.6 Å². The van der Waals surface area contributed by atoms with Crippen molar-refractivity contribution in [1.29, 1.82) is 0 Å². The number of benzene rings is 2. The van der Waals surface area contributed by atoms with Crippen molar-refractivity contribution < 1.29 is 20.1 Å². The Morgan fingerprint density at radius 2 is 1.63 bits per heavy atom. The van der Waals surface area contributed by atoms with Crippen LogP contribution < -0.4 is 5.32 Å². The van der Waals surface area contributed by atoms with Crippen LogP contribution in [-0.2, 0) is 4.79 Å². The van der Waals surface area contributed by atoms with E-state index in [4.69, 9.17) is 0 Å². The van der Waals surface area contributed by atoms with Crippen molar-refractivity contribution >= 4 is 22.4 Å². The Hall–Kier alpha value is -2.69. The summed E-state index contributed by atoms with van der Waals surface area (Å²) in [4.78, 5) is 11.6. The zero-order valence-electron chi connectivity index (χ0n) is 10.3. The zero-order chi connectivity index (χ0) is 14.2. The van der Waals surface area contributed by atoms with E-state index >= 15 is 0 Å². The number of carbonyl (C=O) groups excluding carboxylic acids is 1. The summed E-state index contributed by atoms with van der Waals surface area (Å²) in [6.07, 6.45) is 0. The number of fused-ring (bicyclic) bond motifs is 1. The minimum absolute atomic E-state index is 0.0568. The van der Waals surface area contributed by atoms with Crippen LogP contribution in [0.1, 0.15) is 6.92 Å². The fraction of sp³-hybridized carbons (Fsp3) is 0.0714. The molecule has 0 fully saturated rings. The van der Waals surface area contributed by atoms with Crippen molar-refractivity contribution in [1.82, 2.24) is 0 Å². The van der Waals surface area contributed by atoms with Crippen molar-refractivity contribution in [3.05, 3.63) is 36.4 Å². The first kappa shape index (κ1) is 12.8. The molecule has 0 atom stereocenters. The number of hydrogen-bond acceptors (Lipinski definition) is 4. The summed E-state index contributed by atoms with van der Waals surface area (Å²) in [5, 5.41) is 32.1. The number of carbonyl (C=O) groups is 1. The number of rotatable bonds is 2. The second-order valence-electron chi connectivity index (χ2n) is 4.25. The van der Waals surface area contributed by atoms with Crippen LogP contribution in [0.4, 0.5) is 5.69 Å². The van der Waals surface area contributed by atoms with E-state index in [1.54, 1.807) is 6.92 Å². The van der Waals surface area contributed by atoms with Gasteiger partial charge in [0.05, 0.1) is 0 Å². The maximum atomic E-state index is 11.6. The highest BCUT2D eigenvalue weighted by Gasteiger charge is 2.12. The first-order chi connectivity index (χ1) is 8.90. The van der Waals surface area contributed by atoms with Crippen LogP contribution in [0.3, 0.4) is 0 Å². The number of aromatic hydroxyl groups is 3. The smallest absolute Gasteiger partial charge is 0.250 e. The van der Waals surface area contributed by atoms with E-state index in [0.29, 0.717) is 22.0 Å². The Morgan fingerprint density at radius 3 is 2.21 bits per heavy atom. The molecule has 2 aromatic rings. The lowest BCUT2D eigenvalue weighted by Gasteiger charge is -2.11. The van der Waals surface area contributed by atoms with Crippen molar-refractivity contribution in [3.63, 3.8) is 0 Å². The Labute approximate surface area is 109 Å². The van der Waals surface area contributed by atoms with E-state index < -0.39 is 0 Å². The van der Waals surface area contributed by atoms with Gasteiger partial charge in [0.1, 0.15) is 5.75 Å². The molecule has 2 rings (SSSR count). The topological polar surface area (TPSA) is 89.8 Å². The summed E-state index contributed by atoms with van der Waals surface area (Å²) in [7, 11) is 0. The summed E-state index contributed by atoms with van der Waals surface area (Å²) in [5.74, 6) is -1.09. The standard InChI is InChI=1S/C14H13NO4/c1-7(2)14(19)15-10-3-4-11(16)9-6-13(18)12(17)5-8(9)10/h3-6,16-18H,1H2,2H3,(H,15,19). The molecule has 5 nitrogen and oxygen atoms in total. The molecule has 0 spiro atoms. The lowest BCUT2D eigenvalue weighted by Crippen LogP contribution is -2.11. The van der Waals surface area contributed by atoms with Gasteiger partial charge in [0.25, 0.3) is 5.91 Å². The molecule has 0 aliphatic heterocycles. The number of anilines is 1. The van der Waals surface area contributed by atoms with Gasteiger partial charge in [0.2, 0.25) is 0 Å². The molecule has 0 saturated carbocycles. The van der Waals surface area contributed by atoms with Gasteiger partial charge in [-0.05, 0) is 31.2 Å². The van der Waals surface area contributed by atoms with Gasteiger partial charge in [0.15, 0.2) is 11.5 Å². The average Bonchev–Trinajstić information content (AvgIpc) is 2.35. The lowest BCUT2D eigenvalue weighted by atomic mass is 10.1. The quantitative estimate of drug-likeness (QED) is 0.379. The monoisotopic (exact) mass is 259 g/mol. The Kier molecular flexibility index (Phi) is 3.04. The van der Waals surface area contributed by atoms with Crippen LogP contribution in [0.15, 0.2) is 36.4 Å². The zero-order valence-corrected chi connectivity index (χ0v) is 10.3. The summed E-state index contributed by atoms with van der Waals surface area (Å²) >= 11 is 0. The van der Waals surface area contributed by atoms with Crippen molar-refractivity contribution in [2.75, 3.05) is 5.32 Å². The van der Waals surface area contributed by atoms with Crippen molar-refractivity contribution in [2.24, 2.45) is 0 Å². The van der Waals surface area contributed by atoms with Crippen LogP contribution in [0.25, 0.3) is 10.8 Å². The second kappa shape index (κ2) is 4.53. The van der Waals surface area contributed by atoms with E-state index in [1.807, 2.05) is 0 Å². The molecule has 0 heterocycles. The van der Waals surface area contributed by atoms with Crippen molar-refractivity contribution in [3.8, 4) is 17.2 Å². The molecule has 5 heteroatoms. The second-order valence-corrected chi connectivity index (χ2v) is 4.25. The molecule has 98 valence electrons. The normalized spacial score (nSPS) is 10.4. The number of phenolic OH excluding ortho intramolecular Hbond substituents is 3. The van der Waals surface area contributed by atoms with Crippen LogP contribution >= 0.6 is 0 Å². The van der Waals surface area contributed by atoms with E-state index in [2.05, 4.69) is 11.9 Å². The molecule has 0 bridgehead atoms. The Bertz CT molecular complexity index is 691. The molecular weight excluding hydrogens is 246 g/mol. The van der Waals surface area contributed by atoms with E-state index in [0.717, 1.165) is 0 Å². The predicted octanol–water partition coefficient (Wildman–Crippen LogP) is 2.47. The molecule has 0 unspecified atom stereocenters. The number of hydrogen-bond donors (Lipinski definition) is 4. The molecule has 19 heavy (non-hydrogen) atoms. The summed E-state index contributed by atoms with van der Waals surface area (Å²) in [5.41, 5.74) is 0.750. The Morgan fingerprint density at radius 1 is 1.05 bits per heavy atom. The van der Waals surface area contributed by atoms with Crippen LogP contribution in [0.5, 0.6) is 17.2 Å². The predicted molar refractivity (Wildman–Crippen MR) is 72.4 cm³/mol. The lowest BCUT2D eigenvalue weighted by molar-refractivity contribution is -0.112. The number of nitrogens with one attached hydrogen (secondary N) is 1. The third-order valence-electron chi connectivity index (χ3n) is 2.72. The maximum Gasteiger partial charge on any atom is 0.250 e. The van der Waals surface area contributed by atoms with Gasteiger partial charge in [-0.25, -0.2) is 0 Å². The van der Waals surface area contributed by atoms with Gasteiger partial charge in [-0.1, -0.05) is 6.58 Å². The highest BCUT2D eigenvalue weighted by atomic mass is 16.3. The molecule has 1 amide bonds. The maximum absolute atomic E-state index is 11.6. The van der Waals surface area contributed by atoms with Gasteiger partial charge in [-0.3, -0.25) is 4.79 Å².